The van der Waals surface area contributed by atoms with Gasteiger partial charge in [-0.3, -0.25) is 0 Å². The predicted molar refractivity (Wildman–Crippen MR) is 86.5 cm³/mol. The van der Waals surface area contributed by atoms with E-state index >= 15 is 0 Å². The summed E-state index contributed by atoms with van der Waals surface area (Å²) in [6.07, 6.45) is 5.81. The number of aromatic nitrogens is 2. The van der Waals surface area contributed by atoms with Crippen molar-refractivity contribution in [3.8, 4) is 0 Å². The molecule has 0 radical (unpaired) electrons. The van der Waals surface area contributed by atoms with Crippen LogP contribution in [0.1, 0.15) is 25.1 Å². The summed E-state index contributed by atoms with van der Waals surface area (Å²) in [6, 6.07) is 5.90. The third-order valence-electron chi connectivity index (χ3n) is 3.16. The summed E-state index contributed by atoms with van der Waals surface area (Å²) in [5.74, 6) is 2.57. The summed E-state index contributed by atoms with van der Waals surface area (Å²) in [5.41, 5.74) is 1.96. The van der Waals surface area contributed by atoms with E-state index in [1.54, 1.807) is 0 Å². The van der Waals surface area contributed by atoms with Gasteiger partial charge in [-0.05, 0) is 37.0 Å². The molecule has 0 amide bonds. The topological polar surface area (TPSA) is 17.8 Å². The molecule has 1 heterocycles. The van der Waals surface area contributed by atoms with Gasteiger partial charge < -0.3 is 4.57 Å². The number of hydrogen-bond acceptors (Lipinski definition) is 2. The number of hydrogen-bond donors (Lipinski definition) is 0. The first-order valence-corrected chi connectivity index (χ1v) is 8.77. The summed E-state index contributed by atoms with van der Waals surface area (Å²) in [5, 5.41) is 0.699. The summed E-state index contributed by atoms with van der Waals surface area (Å²) in [6.45, 7) is 0.966. The number of halogens is 2. The molecule has 0 aliphatic rings. The third-order valence-corrected chi connectivity index (χ3v) is 4.40. The van der Waals surface area contributed by atoms with E-state index in [0.29, 0.717) is 10.9 Å². The van der Waals surface area contributed by atoms with E-state index in [1.165, 1.54) is 18.6 Å². The Kier molecular flexibility index (Phi) is 5.86. The number of imidazole rings is 1. The van der Waals surface area contributed by atoms with Gasteiger partial charge in [-0.15, -0.1) is 11.6 Å². The van der Waals surface area contributed by atoms with E-state index in [2.05, 4.69) is 21.9 Å². The summed E-state index contributed by atoms with van der Waals surface area (Å²) in [4.78, 5) is 4.54. The first-order chi connectivity index (χ1) is 9.27. The van der Waals surface area contributed by atoms with E-state index in [0.717, 1.165) is 29.8 Å². The van der Waals surface area contributed by atoms with E-state index in [-0.39, 0.29) is 0 Å². The highest BCUT2D eigenvalue weighted by Crippen LogP contribution is 2.25. The molecule has 0 atom stereocenters. The van der Waals surface area contributed by atoms with Crippen LogP contribution in [0.2, 0.25) is 5.02 Å². The minimum atomic E-state index is 0.426. The van der Waals surface area contributed by atoms with Crippen molar-refractivity contribution >= 4 is 46.0 Å². The lowest BCUT2D eigenvalue weighted by Crippen LogP contribution is -2.02. The number of alkyl halides is 1. The minimum Gasteiger partial charge on any atom is -0.327 e. The molecule has 0 aliphatic heterocycles. The number of thioether (sulfide) groups is 1. The monoisotopic (exact) mass is 316 g/mol. The predicted octanol–water partition coefficient (Wildman–Crippen LogP) is 4.96. The molecule has 104 valence electrons. The maximum Gasteiger partial charge on any atom is 0.124 e. The van der Waals surface area contributed by atoms with Crippen LogP contribution in [0.5, 0.6) is 0 Å². The third kappa shape index (κ3) is 3.59. The highest BCUT2D eigenvalue weighted by molar-refractivity contribution is 7.98. The fraction of sp³-hybridized carbons (Fsp3) is 0.500. The molecule has 2 nitrogen and oxygen atoms in total. The Hall–Kier alpha value is -0.380. The molecule has 0 bridgehead atoms. The maximum atomic E-state index is 6.18. The van der Waals surface area contributed by atoms with Crippen molar-refractivity contribution in [3.63, 3.8) is 0 Å². The molecule has 0 spiro atoms. The zero-order chi connectivity index (χ0) is 13.7. The Morgan fingerprint density at radius 2 is 2.11 bits per heavy atom. The van der Waals surface area contributed by atoms with Crippen LogP contribution in [0.25, 0.3) is 11.0 Å². The van der Waals surface area contributed by atoms with Crippen molar-refractivity contribution in [1.82, 2.24) is 9.55 Å². The zero-order valence-electron chi connectivity index (χ0n) is 11.0. The van der Waals surface area contributed by atoms with Crippen LogP contribution in [0.3, 0.4) is 0 Å². The molecule has 1 aromatic carbocycles. The number of fused-ring (bicyclic) bond motifs is 1. The van der Waals surface area contributed by atoms with Crippen molar-refractivity contribution in [1.29, 1.82) is 0 Å². The normalized spacial score (nSPS) is 11.3. The van der Waals surface area contributed by atoms with Crippen LogP contribution in [0.4, 0.5) is 0 Å². The zero-order valence-corrected chi connectivity index (χ0v) is 13.4. The first kappa shape index (κ1) is 15.0. The SMILES string of the molecule is CSCCCCCn1c(CCl)nc2c(Cl)cccc21. The molecular weight excluding hydrogens is 299 g/mol. The van der Waals surface area contributed by atoms with Crippen molar-refractivity contribution in [3.05, 3.63) is 29.0 Å². The first-order valence-electron chi connectivity index (χ1n) is 6.46. The number of nitrogens with zero attached hydrogens (tertiary/aromatic N) is 2. The van der Waals surface area contributed by atoms with Crippen molar-refractivity contribution in [2.75, 3.05) is 12.0 Å². The second-order valence-electron chi connectivity index (χ2n) is 4.47. The Morgan fingerprint density at radius 1 is 1.26 bits per heavy atom. The quantitative estimate of drug-likeness (QED) is 0.530. The molecular formula is C14H18Cl2N2S. The van der Waals surface area contributed by atoms with Gasteiger partial charge in [0.05, 0.1) is 16.4 Å². The minimum absolute atomic E-state index is 0.426. The molecule has 2 rings (SSSR count). The molecule has 5 heteroatoms. The van der Waals surface area contributed by atoms with Crippen LogP contribution in [0.15, 0.2) is 18.2 Å². The van der Waals surface area contributed by atoms with Crippen molar-refractivity contribution in [2.24, 2.45) is 0 Å². The lowest BCUT2D eigenvalue weighted by atomic mass is 10.2. The Morgan fingerprint density at radius 3 is 2.84 bits per heavy atom. The fourth-order valence-corrected chi connectivity index (χ4v) is 3.11. The Bertz CT molecular complexity index is 539. The lowest BCUT2D eigenvalue weighted by molar-refractivity contribution is 0.602. The number of rotatable bonds is 7. The van der Waals surface area contributed by atoms with Crippen LogP contribution in [-0.4, -0.2) is 21.6 Å². The lowest BCUT2D eigenvalue weighted by Gasteiger charge is -2.07. The molecule has 2 aromatic rings. The molecule has 0 unspecified atom stereocenters. The fourth-order valence-electron chi connectivity index (χ4n) is 2.21. The molecule has 0 N–H and O–H groups in total. The average Bonchev–Trinajstić information content (AvgIpc) is 2.78. The summed E-state index contributed by atoms with van der Waals surface area (Å²) in [7, 11) is 0. The smallest absolute Gasteiger partial charge is 0.124 e. The van der Waals surface area contributed by atoms with Gasteiger partial charge in [0.2, 0.25) is 0 Å². The number of aryl methyl sites for hydroxylation is 1. The second kappa shape index (κ2) is 7.41. The van der Waals surface area contributed by atoms with Gasteiger partial charge in [-0.1, -0.05) is 24.1 Å². The van der Waals surface area contributed by atoms with Gasteiger partial charge in [-0.2, -0.15) is 11.8 Å². The van der Waals surface area contributed by atoms with Crippen LogP contribution < -0.4 is 0 Å². The van der Waals surface area contributed by atoms with Crippen LogP contribution in [0, 0.1) is 0 Å². The van der Waals surface area contributed by atoms with E-state index in [9.17, 15) is 0 Å². The van der Waals surface area contributed by atoms with Crippen molar-refractivity contribution in [2.45, 2.75) is 31.7 Å². The maximum absolute atomic E-state index is 6.18. The molecule has 0 saturated heterocycles. The highest BCUT2D eigenvalue weighted by atomic mass is 35.5. The second-order valence-corrected chi connectivity index (χ2v) is 6.13. The molecule has 0 saturated carbocycles. The summed E-state index contributed by atoms with van der Waals surface area (Å²) >= 11 is 14.1. The van der Waals surface area contributed by atoms with Gasteiger partial charge in [0, 0.05) is 6.54 Å². The Labute approximate surface area is 128 Å². The largest absolute Gasteiger partial charge is 0.327 e. The standard InChI is InChI=1S/C14H18Cl2N2S/c1-19-9-4-2-3-8-18-12-7-5-6-11(16)14(12)17-13(18)10-15/h5-7H,2-4,8-10H2,1H3. The number of para-hydroxylation sites is 1. The molecule has 1 aromatic heterocycles. The molecule has 0 fully saturated rings. The van der Waals surface area contributed by atoms with Gasteiger partial charge in [0.1, 0.15) is 11.3 Å². The van der Waals surface area contributed by atoms with Gasteiger partial charge in [-0.25, -0.2) is 4.98 Å². The molecule has 0 aliphatic carbocycles. The Balaban J connectivity index is 2.14. The van der Waals surface area contributed by atoms with Gasteiger partial charge >= 0.3 is 0 Å². The number of unbranched alkanes of at least 4 members (excludes halogenated alkanes) is 2. The number of benzene rings is 1. The van der Waals surface area contributed by atoms with E-state index in [4.69, 9.17) is 23.2 Å². The van der Waals surface area contributed by atoms with Crippen molar-refractivity contribution < 1.29 is 0 Å². The van der Waals surface area contributed by atoms with Gasteiger partial charge in [0.15, 0.2) is 0 Å². The van der Waals surface area contributed by atoms with Crippen LogP contribution in [-0.2, 0) is 12.4 Å². The van der Waals surface area contributed by atoms with E-state index in [1.807, 2.05) is 23.9 Å². The van der Waals surface area contributed by atoms with Gasteiger partial charge in [0.25, 0.3) is 0 Å². The van der Waals surface area contributed by atoms with E-state index < -0.39 is 0 Å². The summed E-state index contributed by atoms with van der Waals surface area (Å²) < 4.78 is 2.20. The average molecular weight is 317 g/mol. The van der Waals surface area contributed by atoms with Crippen LogP contribution >= 0.6 is 35.0 Å². The highest BCUT2D eigenvalue weighted by Gasteiger charge is 2.11. The molecule has 19 heavy (non-hydrogen) atoms.